The van der Waals surface area contributed by atoms with Crippen molar-refractivity contribution in [2.24, 2.45) is 7.05 Å². The fourth-order valence-electron chi connectivity index (χ4n) is 3.53. The molecule has 0 radical (unpaired) electrons. The highest BCUT2D eigenvalue weighted by atomic mass is 16.5. The molecule has 1 saturated carbocycles. The Morgan fingerprint density at radius 2 is 2.03 bits per heavy atom. The van der Waals surface area contributed by atoms with Crippen molar-refractivity contribution in [1.29, 1.82) is 5.26 Å². The van der Waals surface area contributed by atoms with E-state index in [-0.39, 0.29) is 0 Å². The molecule has 8 heteroatoms. The van der Waals surface area contributed by atoms with Gasteiger partial charge in [-0.15, -0.1) is 0 Å². The molecule has 0 unspecified atom stereocenters. The highest BCUT2D eigenvalue weighted by Gasteiger charge is 2.50. The third kappa shape index (κ3) is 2.70. The normalized spacial score (nSPS) is 14.8. The first-order valence-corrected chi connectivity index (χ1v) is 9.59. The van der Waals surface area contributed by atoms with Gasteiger partial charge in [0.25, 0.3) is 0 Å². The van der Waals surface area contributed by atoms with Gasteiger partial charge >= 0.3 is 0 Å². The van der Waals surface area contributed by atoms with E-state index >= 15 is 0 Å². The summed E-state index contributed by atoms with van der Waals surface area (Å²) in [5, 5.41) is 13.4. The molecular formula is C21H19N7O. The number of rotatable bonds is 4. The van der Waals surface area contributed by atoms with Crippen LogP contribution in [0.25, 0.3) is 34.1 Å². The Morgan fingerprint density at radius 3 is 2.76 bits per heavy atom. The number of hydrogen-bond donors (Lipinski definition) is 0. The summed E-state index contributed by atoms with van der Waals surface area (Å²) in [7, 11) is 1.95. The van der Waals surface area contributed by atoms with Gasteiger partial charge in [0, 0.05) is 25.0 Å². The van der Waals surface area contributed by atoms with Crippen molar-refractivity contribution >= 4 is 11.2 Å². The fraction of sp³-hybridized carbons (Fsp3) is 0.333. The molecule has 1 fully saturated rings. The van der Waals surface area contributed by atoms with E-state index in [9.17, 15) is 5.26 Å². The first-order chi connectivity index (χ1) is 14.0. The first kappa shape index (κ1) is 17.5. The molecule has 0 bridgehead atoms. The zero-order valence-corrected chi connectivity index (χ0v) is 16.5. The van der Waals surface area contributed by atoms with Crippen LogP contribution in [0.1, 0.15) is 36.8 Å². The molecule has 4 aromatic heterocycles. The number of pyridine rings is 2. The maximum atomic E-state index is 9.33. The van der Waals surface area contributed by atoms with Gasteiger partial charge in [-0.05, 0) is 49.4 Å². The van der Waals surface area contributed by atoms with Gasteiger partial charge in [-0.2, -0.15) is 10.2 Å². The molecule has 5 rings (SSSR count). The van der Waals surface area contributed by atoms with Gasteiger partial charge in [-0.1, -0.05) is 12.1 Å². The van der Waals surface area contributed by atoms with Gasteiger partial charge in [-0.25, -0.2) is 9.97 Å². The molecule has 0 aromatic carbocycles. The Bertz CT molecular complexity index is 1290. The van der Waals surface area contributed by atoms with Crippen LogP contribution >= 0.6 is 0 Å². The molecule has 144 valence electrons. The number of fused-ring (bicyclic) bond motifs is 1. The van der Waals surface area contributed by atoms with E-state index in [2.05, 4.69) is 33.1 Å². The Kier molecular flexibility index (Phi) is 3.74. The van der Waals surface area contributed by atoms with E-state index in [1.807, 2.05) is 36.9 Å². The van der Waals surface area contributed by atoms with E-state index < -0.39 is 5.41 Å². The topological polar surface area (TPSA) is 106 Å². The molecule has 0 atom stereocenters. The Labute approximate surface area is 167 Å². The van der Waals surface area contributed by atoms with Gasteiger partial charge in [0.1, 0.15) is 16.6 Å². The minimum atomic E-state index is -0.593. The second-order valence-corrected chi connectivity index (χ2v) is 7.55. The minimum absolute atomic E-state index is 0.397. The standard InChI is InChI=1S/C21H19N7O/c1-4-13-8-14(17-26-20(29-27-17)21(11-22)5-6-21)10-23-16(13)19-25-15-7-12(2)9-24-18(15)28(19)3/h7-10H,4-6H2,1-3H3. The lowest BCUT2D eigenvalue weighted by Gasteiger charge is -2.08. The predicted octanol–water partition coefficient (Wildman–Crippen LogP) is 3.51. The fourth-order valence-corrected chi connectivity index (χ4v) is 3.53. The third-order valence-corrected chi connectivity index (χ3v) is 5.46. The zero-order valence-electron chi connectivity index (χ0n) is 16.5. The van der Waals surface area contributed by atoms with Gasteiger partial charge in [0.05, 0.1) is 6.07 Å². The number of imidazole rings is 1. The van der Waals surface area contributed by atoms with Crippen LogP contribution in [0.5, 0.6) is 0 Å². The van der Waals surface area contributed by atoms with Crippen molar-refractivity contribution in [3.05, 3.63) is 41.5 Å². The molecule has 29 heavy (non-hydrogen) atoms. The number of aromatic nitrogens is 6. The molecular weight excluding hydrogens is 366 g/mol. The number of hydrogen-bond acceptors (Lipinski definition) is 7. The van der Waals surface area contributed by atoms with Crippen LogP contribution in [0.4, 0.5) is 0 Å². The summed E-state index contributed by atoms with van der Waals surface area (Å²) in [5.74, 6) is 1.63. The summed E-state index contributed by atoms with van der Waals surface area (Å²) in [6.45, 7) is 4.08. The molecule has 8 nitrogen and oxygen atoms in total. The summed E-state index contributed by atoms with van der Waals surface area (Å²) in [6.07, 6.45) is 5.88. The lowest BCUT2D eigenvalue weighted by Crippen LogP contribution is -2.03. The SMILES string of the molecule is CCc1cc(-c2noc(C3(C#N)CC3)n2)cnc1-c1nc2cc(C)cnc2n1C. The van der Waals surface area contributed by atoms with Crippen molar-refractivity contribution in [2.45, 2.75) is 38.5 Å². The van der Waals surface area contributed by atoms with Crippen LogP contribution in [-0.4, -0.2) is 29.7 Å². The lowest BCUT2D eigenvalue weighted by atomic mass is 10.1. The molecule has 0 saturated heterocycles. The van der Waals surface area contributed by atoms with Gasteiger partial charge in [0.2, 0.25) is 11.7 Å². The van der Waals surface area contributed by atoms with Crippen molar-refractivity contribution in [1.82, 2.24) is 29.7 Å². The molecule has 0 spiro atoms. The summed E-state index contributed by atoms with van der Waals surface area (Å²) in [5.41, 5.74) is 4.77. The van der Waals surface area contributed by atoms with Crippen molar-refractivity contribution in [3.63, 3.8) is 0 Å². The molecule has 1 aliphatic carbocycles. The Hall–Kier alpha value is -3.60. The maximum absolute atomic E-state index is 9.33. The number of aryl methyl sites for hydroxylation is 3. The van der Waals surface area contributed by atoms with Crippen LogP contribution in [-0.2, 0) is 18.9 Å². The molecule has 4 heterocycles. The summed E-state index contributed by atoms with van der Waals surface area (Å²) >= 11 is 0. The van der Waals surface area contributed by atoms with Crippen LogP contribution in [0.3, 0.4) is 0 Å². The molecule has 0 aliphatic heterocycles. The minimum Gasteiger partial charge on any atom is -0.337 e. The van der Waals surface area contributed by atoms with Crippen LogP contribution in [0.2, 0.25) is 0 Å². The summed E-state index contributed by atoms with van der Waals surface area (Å²) in [6, 6.07) is 6.32. The predicted molar refractivity (Wildman–Crippen MR) is 106 cm³/mol. The van der Waals surface area contributed by atoms with Gasteiger partial charge in [-0.3, -0.25) is 4.98 Å². The molecule has 0 amide bonds. The maximum Gasteiger partial charge on any atom is 0.247 e. The van der Waals surface area contributed by atoms with Gasteiger partial charge in [0.15, 0.2) is 11.5 Å². The van der Waals surface area contributed by atoms with E-state index in [0.29, 0.717) is 11.7 Å². The highest BCUT2D eigenvalue weighted by Crippen LogP contribution is 2.47. The van der Waals surface area contributed by atoms with Crippen LogP contribution < -0.4 is 0 Å². The van der Waals surface area contributed by atoms with Crippen molar-refractivity contribution < 1.29 is 4.52 Å². The number of nitriles is 1. The number of nitrogens with zero attached hydrogens (tertiary/aromatic N) is 7. The van der Waals surface area contributed by atoms with Crippen LogP contribution in [0, 0.1) is 18.3 Å². The monoisotopic (exact) mass is 385 g/mol. The van der Waals surface area contributed by atoms with E-state index in [1.54, 1.807) is 6.20 Å². The van der Waals surface area contributed by atoms with E-state index in [4.69, 9.17) is 9.51 Å². The average molecular weight is 385 g/mol. The Morgan fingerprint density at radius 1 is 1.21 bits per heavy atom. The summed E-state index contributed by atoms with van der Waals surface area (Å²) in [4.78, 5) is 18.4. The highest BCUT2D eigenvalue weighted by molar-refractivity contribution is 5.77. The van der Waals surface area contributed by atoms with Crippen LogP contribution in [0.15, 0.2) is 29.0 Å². The first-order valence-electron chi connectivity index (χ1n) is 9.59. The van der Waals surface area contributed by atoms with Gasteiger partial charge < -0.3 is 9.09 Å². The largest absolute Gasteiger partial charge is 0.337 e. The second-order valence-electron chi connectivity index (χ2n) is 7.55. The third-order valence-electron chi connectivity index (χ3n) is 5.46. The average Bonchev–Trinajstić information content (AvgIpc) is 3.26. The Balaban J connectivity index is 1.57. The zero-order chi connectivity index (χ0) is 20.2. The van der Waals surface area contributed by atoms with E-state index in [1.165, 1.54) is 0 Å². The van der Waals surface area contributed by atoms with Crippen molar-refractivity contribution in [3.8, 4) is 29.0 Å². The van der Waals surface area contributed by atoms with E-state index in [0.717, 1.165) is 58.6 Å². The molecule has 4 aromatic rings. The quantitative estimate of drug-likeness (QED) is 0.529. The molecule has 1 aliphatic rings. The second kappa shape index (κ2) is 6.21. The smallest absolute Gasteiger partial charge is 0.247 e. The lowest BCUT2D eigenvalue weighted by molar-refractivity contribution is 0.365. The summed E-state index contributed by atoms with van der Waals surface area (Å²) < 4.78 is 7.32. The molecule has 0 N–H and O–H groups in total. The van der Waals surface area contributed by atoms with Crippen molar-refractivity contribution in [2.75, 3.05) is 0 Å².